The summed E-state index contributed by atoms with van der Waals surface area (Å²) in [4.78, 5) is 10.2. The minimum Gasteiger partial charge on any atom is -0.309 e. The molecule has 0 radical (unpaired) electrons. The molecule has 1 atom stereocenters. The van der Waals surface area contributed by atoms with E-state index in [2.05, 4.69) is 17.2 Å². The van der Waals surface area contributed by atoms with E-state index in [1.165, 1.54) is 29.3 Å². The van der Waals surface area contributed by atoms with Crippen LogP contribution in [0.25, 0.3) is 10.7 Å². The van der Waals surface area contributed by atoms with Crippen molar-refractivity contribution in [1.82, 2.24) is 15.3 Å². The smallest absolute Gasteiger partial charge is 0.142 e. The van der Waals surface area contributed by atoms with Gasteiger partial charge < -0.3 is 5.32 Å². The van der Waals surface area contributed by atoms with E-state index < -0.39 is 0 Å². The lowest BCUT2D eigenvalue weighted by molar-refractivity contribution is 0.465. The second kappa shape index (κ2) is 5.35. The first-order chi connectivity index (χ1) is 9.28. The lowest BCUT2D eigenvalue weighted by Crippen LogP contribution is -2.24. The summed E-state index contributed by atoms with van der Waals surface area (Å²) in [5.41, 5.74) is 1.93. The Morgan fingerprint density at radius 3 is 3.11 bits per heavy atom. The molecule has 1 aliphatic rings. The lowest BCUT2D eigenvalue weighted by Gasteiger charge is -2.21. The summed E-state index contributed by atoms with van der Waals surface area (Å²) in [5.74, 6) is -0.310. The van der Waals surface area contributed by atoms with Gasteiger partial charge in [-0.15, -0.1) is 11.3 Å². The molecule has 19 heavy (non-hydrogen) atoms. The minimum atomic E-state index is -0.310. The molecule has 2 aromatic heterocycles. The molecule has 3 nitrogen and oxygen atoms in total. The average Bonchev–Trinajstić information content (AvgIpc) is 2.85. The van der Waals surface area contributed by atoms with Crippen molar-refractivity contribution < 1.29 is 4.39 Å². The molecule has 0 aromatic carbocycles. The van der Waals surface area contributed by atoms with E-state index in [1.54, 1.807) is 17.4 Å². The van der Waals surface area contributed by atoms with Crippen molar-refractivity contribution >= 4 is 11.3 Å². The number of aromatic nitrogens is 2. The van der Waals surface area contributed by atoms with Crippen LogP contribution in [0.1, 0.15) is 36.4 Å². The number of nitrogens with zero attached hydrogens (tertiary/aromatic N) is 2. The van der Waals surface area contributed by atoms with Gasteiger partial charge in [-0.25, -0.2) is 9.37 Å². The normalized spacial score (nSPS) is 18.3. The van der Waals surface area contributed by atoms with Crippen LogP contribution in [0, 0.1) is 5.82 Å². The first-order valence-corrected chi connectivity index (χ1v) is 7.44. The maximum absolute atomic E-state index is 12.9. The Hall–Kier alpha value is -1.33. The molecular formula is C14H16FN3S. The van der Waals surface area contributed by atoms with E-state index >= 15 is 0 Å². The molecule has 3 rings (SSSR count). The van der Waals surface area contributed by atoms with Crippen LogP contribution < -0.4 is 5.32 Å². The maximum Gasteiger partial charge on any atom is 0.142 e. The van der Waals surface area contributed by atoms with Crippen LogP contribution in [0.4, 0.5) is 4.39 Å². The van der Waals surface area contributed by atoms with Crippen molar-refractivity contribution in [3.05, 3.63) is 34.7 Å². The van der Waals surface area contributed by atoms with Gasteiger partial charge in [-0.1, -0.05) is 6.92 Å². The van der Waals surface area contributed by atoms with Gasteiger partial charge in [0.2, 0.25) is 0 Å². The van der Waals surface area contributed by atoms with Crippen LogP contribution in [0.2, 0.25) is 0 Å². The summed E-state index contributed by atoms with van der Waals surface area (Å²) >= 11 is 1.69. The van der Waals surface area contributed by atoms with Crippen molar-refractivity contribution in [1.29, 1.82) is 0 Å². The Bertz CT molecular complexity index is 565. The number of rotatable bonds is 3. The van der Waals surface area contributed by atoms with Crippen molar-refractivity contribution in [3.8, 4) is 10.7 Å². The van der Waals surface area contributed by atoms with E-state index in [9.17, 15) is 4.39 Å². The largest absolute Gasteiger partial charge is 0.309 e. The third-order valence-corrected chi connectivity index (χ3v) is 4.50. The highest BCUT2D eigenvalue weighted by atomic mass is 32.1. The third-order valence-electron chi connectivity index (χ3n) is 3.35. The summed E-state index contributed by atoms with van der Waals surface area (Å²) in [6.07, 6.45) is 4.68. The van der Waals surface area contributed by atoms with Crippen molar-refractivity contribution in [3.63, 3.8) is 0 Å². The molecule has 0 saturated carbocycles. The van der Waals surface area contributed by atoms with Crippen molar-refractivity contribution in [2.45, 2.75) is 32.2 Å². The zero-order chi connectivity index (χ0) is 13.2. The molecule has 100 valence electrons. The van der Waals surface area contributed by atoms with Crippen LogP contribution in [0.5, 0.6) is 0 Å². The molecule has 0 saturated heterocycles. The van der Waals surface area contributed by atoms with Crippen molar-refractivity contribution in [2.75, 3.05) is 6.54 Å². The van der Waals surface area contributed by atoms with E-state index in [1.807, 2.05) is 0 Å². The number of hydrogen-bond donors (Lipinski definition) is 1. The van der Waals surface area contributed by atoms with E-state index in [0.29, 0.717) is 6.04 Å². The Kier molecular flexibility index (Phi) is 3.57. The molecule has 0 amide bonds. The van der Waals surface area contributed by atoms with Gasteiger partial charge in [0.05, 0.1) is 23.6 Å². The fourth-order valence-electron chi connectivity index (χ4n) is 2.48. The highest BCUT2D eigenvalue weighted by molar-refractivity contribution is 7.15. The van der Waals surface area contributed by atoms with E-state index in [4.69, 9.17) is 4.98 Å². The molecule has 0 spiro atoms. The molecule has 1 unspecified atom stereocenters. The van der Waals surface area contributed by atoms with E-state index in [-0.39, 0.29) is 5.82 Å². The maximum atomic E-state index is 12.9. The number of fused-ring (bicyclic) bond motifs is 1. The Morgan fingerprint density at radius 1 is 1.47 bits per heavy atom. The fraction of sp³-hybridized carbons (Fsp3) is 0.429. The number of pyridine rings is 1. The lowest BCUT2D eigenvalue weighted by atomic mass is 9.98. The molecule has 0 bridgehead atoms. The summed E-state index contributed by atoms with van der Waals surface area (Å²) in [6.45, 7) is 3.06. The average molecular weight is 277 g/mol. The number of aryl methyl sites for hydroxylation is 1. The second-order valence-corrected chi connectivity index (χ2v) is 5.78. The first-order valence-electron chi connectivity index (χ1n) is 6.63. The second-order valence-electron chi connectivity index (χ2n) is 4.69. The highest BCUT2D eigenvalue weighted by Crippen LogP contribution is 2.36. The monoisotopic (exact) mass is 277 g/mol. The molecule has 1 N–H and O–H groups in total. The molecule has 2 aromatic rings. The quantitative estimate of drug-likeness (QED) is 0.935. The molecule has 0 aliphatic heterocycles. The number of hydrogen-bond acceptors (Lipinski definition) is 4. The number of thiazole rings is 1. The van der Waals surface area contributed by atoms with Gasteiger partial charge >= 0.3 is 0 Å². The van der Waals surface area contributed by atoms with Crippen LogP contribution in [0.3, 0.4) is 0 Å². The Balaban J connectivity index is 1.95. The van der Waals surface area contributed by atoms with Gasteiger partial charge in [-0.3, -0.25) is 4.98 Å². The predicted octanol–water partition coefficient (Wildman–Crippen LogP) is 3.33. The predicted molar refractivity (Wildman–Crippen MR) is 74.7 cm³/mol. The van der Waals surface area contributed by atoms with Crippen LogP contribution in [0.15, 0.2) is 18.3 Å². The number of halogens is 1. The number of nitrogens with one attached hydrogen (secondary N) is 1. The van der Waals surface area contributed by atoms with Gasteiger partial charge in [0.15, 0.2) is 0 Å². The van der Waals surface area contributed by atoms with Gasteiger partial charge in [-0.05, 0) is 37.9 Å². The van der Waals surface area contributed by atoms with Crippen LogP contribution in [-0.2, 0) is 6.42 Å². The molecule has 0 fully saturated rings. The summed E-state index contributed by atoms with van der Waals surface area (Å²) < 4.78 is 12.9. The molecule has 2 heterocycles. The van der Waals surface area contributed by atoms with Crippen LogP contribution in [-0.4, -0.2) is 16.5 Å². The van der Waals surface area contributed by atoms with Gasteiger partial charge in [0, 0.05) is 4.88 Å². The summed E-state index contributed by atoms with van der Waals surface area (Å²) in [5, 5.41) is 4.38. The molecule has 1 aliphatic carbocycles. The van der Waals surface area contributed by atoms with Crippen LogP contribution >= 0.6 is 11.3 Å². The summed E-state index contributed by atoms with van der Waals surface area (Å²) in [6, 6.07) is 3.49. The molecular weight excluding hydrogens is 261 g/mol. The third kappa shape index (κ3) is 2.53. The zero-order valence-corrected chi connectivity index (χ0v) is 11.6. The van der Waals surface area contributed by atoms with E-state index in [0.717, 1.165) is 30.1 Å². The summed E-state index contributed by atoms with van der Waals surface area (Å²) in [7, 11) is 0. The SMILES string of the molecule is CCNC1CCCc2sc(-c3ccc(F)cn3)nc21. The van der Waals surface area contributed by atoms with Gasteiger partial charge in [0.1, 0.15) is 10.8 Å². The van der Waals surface area contributed by atoms with Gasteiger partial charge in [0.25, 0.3) is 0 Å². The Labute approximate surface area is 115 Å². The molecule has 5 heteroatoms. The Morgan fingerprint density at radius 2 is 2.37 bits per heavy atom. The topological polar surface area (TPSA) is 37.8 Å². The van der Waals surface area contributed by atoms with Gasteiger partial charge in [-0.2, -0.15) is 0 Å². The minimum absolute atomic E-state index is 0.310. The first kappa shape index (κ1) is 12.7. The standard InChI is InChI=1S/C14H16FN3S/c1-2-16-10-4-3-5-12-13(10)18-14(19-12)11-7-6-9(15)8-17-11/h6-8,10,16H,2-5H2,1H3. The highest BCUT2D eigenvalue weighted by Gasteiger charge is 2.24. The zero-order valence-electron chi connectivity index (χ0n) is 10.8. The van der Waals surface area contributed by atoms with Crippen molar-refractivity contribution in [2.24, 2.45) is 0 Å². The fourth-order valence-corrected chi connectivity index (χ4v) is 3.62.